The van der Waals surface area contributed by atoms with Crippen LogP contribution in [0.4, 0.5) is 0 Å². The zero-order chi connectivity index (χ0) is 18.8. The second-order valence-electron chi connectivity index (χ2n) is 7.40. The Morgan fingerprint density at radius 3 is 2.89 bits per heavy atom. The molecule has 0 amide bonds. The van der Waals surface area contributed by atoms with Crippen molar-refractivity contribution in [2.75, 3.05) is 0 Å². The van der Waals surface area contributed by atoms with Crippen molar-refractivity contribution in [1.29, 1.82) is 0 Å². The number of aromatic nitrogens is 2. The average Bonchev–Trinajstić information content (AvgIpc) is 3.00. The maximum absolute atomic E-state index is 12.7. The Morgan fingerprint density at radius 1 is 1.22 bits per heavy atom. The first kappa shape index (κ1) is 18.2. The van der Waals surface area contributed by atoms with E-state index in [-0.39, 0.29) is 18.6 Å². The molecule has 0 unspecified atom stereocenters. The van der Waals surface area contributed by atoms with Crippen molar-refractivity contribution in [1.82, 2.24) is 9.55 Å². The molecule has 0 radical (unpaired) electrons. The summed E-state index contributed by atoms with van der Waals surface area (Å²) in [6.07, 6.45) is 4.35. The first-order valence-corrected chi connectivity index (χ1v) is 10.3. The van der Waals surface area contributed by atoms with Crippen molar-refractivity contribution < 1.29 is 9.53 Å². The number of ether oxygens (including phenoxy) is 1. The Hall–Kier alpha value is -2.14. The van der Waals surface area contributed by atoms with Gasteiger partial charge in [0.2, 0.25) is 0 Å². The number of hydrogen-bond donors (Lipinski definition) is 0. The number of carbonyl (C=O) groups excluding carboxylic acids is 1. The maximum Gasteiger partial charge on any atom is 0.326 e. The Kier molecular flexibility index (Phi) is 5.30. The molecule has 0 bridgehead atoms. The Balaban J connectivity index is 1.63. The number of rotatable bonds is 4. The van der Waals surface area contributed by atoms with Crippen molar-refractivity contribution in [3.05, 3.63) is 53.0 Å². The van der Waals surface area contributed by atoms with Gasteiger partial charge in [-0.3, -0.25) is 4.79 Å². The molecule has 2 atom stereocenters. The van der Waals surface area contributed by atoms with Crippen LogP contribution in [-0.2, 0) is 16.1 Å². The monoisotopic (exact) mass is 426 g/mol. The number of halogens is 1. The molecule has 2 aromatic carbocycles. The van der Waals surface area contributed by atoms with Crippen molar-refractivity contribution >= 4 is 32.9 Å². The summed E-state index contributed by atoms with van der Waals surface area (Å²) < 4.78 is 8.75. The van der Waals surface area contributed by atoms with Crippen molar-refractivity contribution in [3.63, 3.8) is 0 Å². The van der Waals surface area contributed by atoms with E-state index in [1.54, 1.807) is 0 Å². The van der Waals surface area contributed by atoms with E-state index in [2.05, 4.69) is 22.9 Å². The van der Waals surface area contributed by atoms with E-state index in [1.807, 2.05) is 53.1 Å². The van der Waals surface area contributed by atoms with Crippen LogP contribution in [-0.4, -0.2) is 21.6 Å². The number of imidazole rings is 1. The van der Waals surface area contributed by atoms with Crippen LogP contribution in [0.15, 0.2) is 53.0 Å². The average molecular weight is 427 g/mol. The van der Waals surface area contributed by atoms with Gasteiger partial charge in [-0.25, -0.2) is 4.98 Å². The third kappa shape index (κ3) is 4.08. The van der Waals surface area contributed by atoms with Gasteiger partial charge in [-0.05, 0) is 49.4 Å². The summed E-state index contributed by atoms with van der Waals surface area (Å²) in [6, 6.07) is 15.9. The van der Waals surface area contributed by atoms with Crippen LogP contribution >= 0.6 is 15.9 Å². The third-order valence-electron chi connectivity index (χ3n) is 5.21. The van der Waals surface area contributed by atoms with Gasteiger partial charge in [0.05, 0.1) is 11.0 Å². The van der Waals surface area contributed by atoms with Gasteiger partial charge in [-0.2, -0.15) is 0 Å². The molecule has 1 saturated carbocycles. The van der Waals surface area contributed by atoms with E-state index in [0.717, 1.165) is 46.2 Å². The summed E-state index contributed by atoms with van der Waals surface area (Å²) in [7, 11) is 0. The van der Waals surface area contributed by atoms with Crippen LogP contribution in [0.1, 0.15) is 32.6 Å². The fourth-order valence-corrected chi connectivity index (χ4v) is 4.32. The zero-order valence-electron chi connectivity index (χ0n) is 15.4. The molecule has 0 aliphatic heterocycles. The molecular weight excluding hydrogens is 404 g/mol. The predicted molar refractivity (Wildman–Crippen MR) is 110 cm³/mol. The molecule has 4 nitrogen and oxygen atoms in total. The van der Waals surface area contributed by atoms with Gasteiger partial charge in [0.15, 0.2) is 0 Å². The Labute approximate surface area is 167 Å². The smallest absolute Gasteiger partial charge is 0.326 e. The summed E-state index contributed by atoms with van der Waals surface area (Å²) >= 11 is 3.52. The molecule has 4 rings (SSSR count). The van der Waals surface area contributed by atoms with Gasteiger partial charge < -0.3 is 9.30 Å². The minimum atomic E-state index is -0.187. The van der Waals surface area contributed by atoms with E-state index in [4.69, 9.17) is 9.72 Å². The van der Waals surface area contributed by atoms with Crippen LogP contribution in [0.5, 0.6) is 0 Å². The van der Waals surface area contributed by atoms with Crippen molar-refractivity contribution in [2.24, 2.45) is 5.92 Å². The van der Waals surface area contributed by atoms with Crippen LogP contribution in [0, 0.1) is 5.92 Å². The molecule has 0 saturated heterocycles. The predicted octanol–water partition coefficient (Wildman–Crippen LogP) is 5.59. The van der Waals surface area contributed by atoms with Gasteiger partial charge in [-0.15, -0.1) is 0 Å². The summed E-state index contributed by atoms with van der Waals surface area (Å²) in [4.78, 5) is 17.5. The number of para-hydroxylation sites is 2. The van der Waals surface area contributed by atoms with Gasteiger partial charge in [0.25, 0.3) is 0 Å². The molecule has 27 heavy (non-hydrogen) atoms. The lowest BCUT2D eigenvalue weighted by Crippen LogP contribution is -2.26. The van der Waals surface area contributed by atoms with Crippen molar-refractivity contribution in [2.45, 2.75) is 45.3 Å². The topological polar surface area (TPSA) is 44.1 Å². The maximum atomic E-state index is 12.7. The number of esters is 1. The highest BCUT2D eigenvalue weighted by Gasteiger charge is 2.23. The van der Waals surface area contributed by atoms with E-state index in [0.29, 0.717) is 5.92 Å². The number of carbonyl (C=O) groups is 1. The molecular formula is C22H23BrN2O2. The molecule has 1 fully saturated rings. The highest BCUT2D eigenvalue weighted by atomic mass is 79.9. The Morgan fingerprint density at radius 2 is 2.07 bits per heavy atom. The van der Waals surface area contributed by atoms with E-state index >= 15 is 0 Å². The molecule has 140 valence electrons. The fourth-order valence-electron chi connectivity index (χ4n) is 3.92. The first-order chi connectivity index (χ1) is 13.1. The lowest BCUT2D eigenvalue weighted by molar-refractivity contribution is -0.151. The molecule has 0 N–H and O–H groups in total. The highest BCUT2D eigenvalue weighted by molar-refractivity contribution is 9.10. The summed E-state index contributed by atoms with van der Waals surface area (Å²) in [5.41, 5.74) is 2.80. The molecule has 1 aliphatic carbocycles. The lowest BCUT2D eigenvalue weighted by Gasteiger charge is -2.26. The van der Waals surface area contributed by atoms with Crippen LogP contribution in [0.3, 0.4) is 0 Å². The molecule has 1 aromatic heterocycles. The molecule has 1 heterocycles. The van der Waals surface area contributed by atoms with Crippen LogP contribution in [0.25, 0.3) is 22.4 Å². The van der Waals surface area contributed by atoms with Gasteiger partial charge in [0, 0.05) is 10.0 Å². The summed E-state index contributed by atoms with van der Waals surface area (Å²) in [5.74, 6) is 1.22. The molecule has 1 aliphatic rings. The SMILES string of the molecule is C[C@@H]1CCC[C@H](OC(=O)Cn2c(-c3cccc(Br)c3)nc3ccccc32)C1. The van der Waals surface area contributed by atoms with Gasteiger partial charge in [0.1, 0.15) is 18.5 Å². The highest BCUT2D eigenvalue weighted by Crippen LogP contribution is 2.28. The second-order valence-corrected chi connectivity index (χ2v) is 8.32. The van der Waals surface area contributed by atoms with Gasteiger partial charge >= 0.3 is 5.97 Å². The van der Waals surface area contributed by atoms with Crippen LogP contribution in [0.2, 0.25) is 0 Å². The quantitative estimate of drug-likeness (QED) is 0.510. The van der Waals surface area contributed by atoms with E-state index in [1.165, 1.54) is 6.42 Å². The second kappa shape index (κ2) is 7.85. The number of fused-ring (bicyclic) bond motifs is 1. The first-order valence-electron chi connectivity index (χ1n) is 9.51. The standard InChI is InChI=1S/C22H23BrN2O2/c1-15-6-4-9-18(12-15)27-21(26)14-25-20-11-3-2-10-19(20)24-22(25)16-7-5-8-17(23)13-16/h2-3,5,7-8,10-11,13,15,18H,4,6,9,12,14H2,1H3/t15-,18+/m1/s1. The fraction of sp³-hybridized carbons (Fsp3) is 0.364. The largest absolute Gasteiger partial charge is 0.461 e. The van der Waals surface area contributed by atoms with Crippen LogP contribution < -0.4 is 0 Å². The van der Waals surface area contributed by atoms with Crippen molar-refractivity contribution in [3.8, 4) is 11.4 Å². The summed E-state index contributed by atoms with van der Waals surface area (Å²) in [5, 5.41) is 0. The molecule has 5 heteroatoms. The summed E-state index contributed by atoms with van der Waals surface area (Å²) in [6.45, 7) is 2.40. The zero-order valence-corrected chi connectivity index (χ0v) is 17.0. The number of nitrogens with zero attached hydrogens (tertiary/aromatic N) is 2. The van der Waals surface area contributed by atoms with Gasteiger partial charge in [-0.1, -0.05) is 53.5 Å². The normalized spacial score (nSPS) is 19.9. The molecule has 3 aromatic rings. The minimum Gasteiger partial charge on any atom is -0.461 e. The van der Waals surface area contributed by atoms with E-state index < -0.39 is 0 Å². The van der Waals surface area contributed by atoms with E-state index in [9.17, 15) is 4.79 Å². The third-order valence-corrected chi connectivity index (χ3v) is 5.70. The Bertz CT molecular complexity index is 966. The number of hydrogen-bond acceptors (Lipinski definition) is 3. The number of benzene rings is 2. The molecule has 0 spiro atoms. The minimum absolute atomic E-state index is 0.0466. The lowest BCUT2D eigenvalue weighted by atomic mass is 9.89.